The van der Waals surface area contributed by atoms with E-state index in [0.29, 0.717) is 11.3 Å². The van der Waals surface area contributed by atoms with Gasteiger partial charge in [0.2, 0.25) is 5.91 Å². The Kier molecular flexibility index (Phi) is 4.94. The highest BCUT2D eigenvalue weighted by Crippen LogP contribution is 2.36. The van der Waals surface area contributed by atoms with E-state index < -0.39 is 0 Å². The van der Waals surface area contributed by atoms with Gasteiger partial charge in [0.25, 0.3) is 0 Å². The second-order valence-corrected chi connectivity index (χ2v) is 8.14. The van der Waals surface area contributed by atoms with Crippen molar-refractivity contribution >= 4 is 51.5 Å². The molecule has 0 bridgehead atoms. The molecular weight excluding hydrogens is 395 g/mol. The molecule has 1 aliphatic carbocycles. The van der Waals surface area contributed by atoms with Gasteiger partial charge in [-0.05, 0) is 56.5 Å². The average Bonchev–Trinajstić information content (AvgIpc) is 2.87. The van der Waals surface area contributed by atoms with Gasteiger partial charge in [0.05, 0.1) is 26.9 Å². The molecule has 0 unspecified atom stereocenters. The predicted molar refractivity (Wildman–Crippen MR) is 114 cm³/mol. The fourth-order valence-corrected chi connectivity index (χ4v) is 4.23. The van der Waals surface area contributed by atoms with Crippen LogP contribution in [0.3, 0.4) is 0 Å². The van der Waals surface area contributed by atoms with E-state index in [4.69, 9.17) is 23.2 Å². The van der Waals surface area contributed by atoms with Gasteiger partial charge < -0.3 is 10.3 Å². The summed E-state index contributed by atoms with van der Waals surface area (Å²) in [7, 11) is 0. The van der Waals surface area contributed by atoms with Crippen molar-refractivity contribution in [1.82, 2.24) is 4.98 Å². The molecule has 0 saturated heterocycles. The van der Waals surface area contributed by atoms with Gasteiger partial charge in [-0.1, -0.05) is 35.7 Å². The van der Waals surface area contributed by atoms with E-state index in [2.05, 4.69) is 10.3 Å². The summed E-state index contributed by atoms with van der Waals surface area (Å²) in [6.07, 6.45) is 2.83. The molecule has 1 fully saturated rings. The molecule has 1 heterocycles. The fourth-order valence-electron chi connectivity index (χ4n) is 3.66. The Hall–Kier alpha value is -2.30. The summed E-state index contributed by atoms with van der Waals surface area (Å²) in [5, 5.41) is 4.33. The lowest BCUT2D eigenvalue weighted by molar-refractivity contribution is -0.122. The van der Waals surface area contributed by atoms with Gasteiger partial charge in [-0.15, -0.1) is 0 Å². The molecule has 1 amide bonds. The average molecular weight is 415 g/mol. The number of nitrogens with one attached hydrogen (secondary N) is 2. The zero-order valence-electron chi connectivity index (χ0n) is 15.7. The summed E-state index contributed by atoms with van der Waals surface area (Å²) < 4.78 is 0. The Balaban J connectivity index is 1.91. The lowest BCUT2D eigenvalue weighted by Crippen LogP contribution is -2.28. The SMILES string of the molecule is Cc1[nH]c2ccc(NC(=O)C3CCC3)c(C(=O)c3c(Cl)cccc3Cl)c2c1C. The Morgan fingerprint density at radius 2 is 1.71 bits per heavy atom. The number of aromatic nitrogens is 1. The number of carbonyl (C=O) groups is 2. The summed E-state index contributed by atoms with van der Waals surface area (Å²) in [6.45, 7) is 3.91. The Morgan fingerprint density at radius 1 is 1.04 bits per heavy atom. The molecule has 4 rings (SSSR count). The van der Waals surface area contributed by atoms with Crippen molar-refractivity contribution in [3.63, 3.8) is 0 Å². The van der Waals surface area contributed by atoms with Crippen LogP contribution in [0.5, 0.6) is 0 Å². The Morgan fingerprint density at radius 3 is 2.32 bits per heavy atom. The normalized spacial score (nSPS) is 14.1. The lowest BCUT2D eigenvalue weighted by Gasteiger charge is -2.25. The molecule has 1 saturated carbocycles. The molecule has 0 radical (unpaired) electrons. The summed E-state index contributed by atoms with van der Waals surface area (Å²) in [4.78, 5) is 29.5. The van der Waals surface area contributed by atoms with E-state index in [1.807, 2.05) is 19.9 Å². The monoisotopic (exact) mass is 414 g/mol. The highest BCUT2D eigenvalue weighted by Gasteiger charge is 2.29. The van der Waals surface area contributed by atoms with Crippen molar-refractivity contribution in [2.45, 2.75) is 33.1 Å². The zero-order valence-corrected chi connectivity index (χ0v) is 17.2. The summed E-state index contributed by atoms with van der Waals surface area (Å²) in [5.41, 5.74) is 3.92. The maximum absolute atomic E-state index is 13.6. The molecule has 28 heavy (non-hydrogen) atoms. The van der Waals surface area contributed by atoms with Crippen LogP contribution in [0.15, 0.2) is 30.3 Å². The molecule has 0 spiro atoms. The van der Waals surface area contributed by atoms with Gasteiger partial charge in [0.15, 0.2) is 5.78 Å². The lowest BCUT2D eigenvalue weighted by atomic mass is 9.84. The van der Waals surface area contributed by atoms with Crippen LogP contribution in [-0.2, 0) is 4.79 Å². The fraction of sp³-hybridized carbons (Fsp3) is 0.273. The molecule has 144 valence electrons. The number of carbonyl (C=O) groups excluding carboxylic acids is 2. The molecule has 1 aromatic heterocycles. The summed E-state index contributed by atoms with van der Waals surface area (Å²) >= 11 is 12.6. The number of aromatic amines is 1. The second-order valence-electron chi connectivity index (χ2n) is 7.33. The number of benzene rings is 2. The molecule has 4 nitrogen and oxygen atoms in total. The van der Waals surface area contributed by atoms with Crippen LogP contribution in [0.1, 0.15) is 46.4 Å². The van der Waals surface area contributed by atoms with E-state index in [9.17, 15) is 9.59 Å². The second kappa shape index (κ2) is 7.26. The molecule has 0 aliphatic heterocycles. The minimum Gasteiger partial charge on any atom is -0.358 e. The third-order valence-corrected chi connectivity index (χ3v) is 6.25. The van der Waals surface area contributed by atoms with Crippen molar-refractivity contribution in [3.8, 4) is 0 Å². The number of hydrogen-bond donors (Lipinski definition) is 2. The van der Waals surface area contributed by atoms with Crippen molar-refractivity contribution < 1.29 is 9.59 Å². The molecule has 2 aromatic carbocycles. The molecule has 1 aliphatic rings. The van der Waals surface area contributed by atoms with Gasteiger partial charge >= 0.3 is 0 Å². The van der Waals surface area contributed by atoms with Crippen LogP contribution in [-0.4, -0.2) is 16.7 Å². The first-order valence-electron chi connectivity index (χ1n) is 9.30. The van der Waals surface area contributed by atoms with Crippen molar-refractivity contribution in [2.24, 2.45) is 5.92 Å². The minimum absolute atomic E-state index is 0.0107. The Labute approximate surface area is 173 Å². The Bertz CT molecular complexity index is 1090. The number of amides is 1. The van der Waals surface area contributed by atoms with Crippen LogP contribution in [0.2, 0.25) is 10.0 Å². The number of hydrogen-bond acceptors (Lipinski definition) is 2. The highest BCUT2D eigenvalue weighted by molar-refractivity contribution is 6.42. The van der Waals surface area contributed by atoms with Crippen LogP contribution < -0.4 is 5.32 Å². The maximum Gasteiger partial charge on any atom is 0.227 e. The van der Waals surface area contributed by atoms with Crippen LogP contribution in [0.4, 0.5) is 5.69 Å². The topological polar surface area (TPSA) is 62.0 Å². The van der Waals surface area contributed by atoms with Gasteiger partial charge in [-0.2, -0.15) is 0 Å². The van der Waals surface area contributed by atoms with E-state index in [1.165, 1.54) is 0 Å². The summed E-state index contributed by atoms with van der Waals surface area (Å²) in [6, 6.07) is 8.64. The number of aryl methyl sites for hydroxylation is 2. The van der Waals surface area contributed by atoms with Gasteiger partial charge in [-0.25, -0.2) is 0 Å². The van der Waals surface area contributed by atoms with Crippen LogP contribution in [0.25, 0.3) is 10.9 Å². The highest BCUT2D eigenvalue weighted by atomic mass is 35.5. The first-order valence-corrected chi connectivity index (χ1v) is 10.1. The smallest absolute Gasteiger partial charge is 0.227 e. The minimum atomic E-state index is -0.299. The van der Waals surface area contributed by atoms with Crippen molar-refractivity contribution in [3.05, 3.63) is 62.8 Å². The van der Waals surface area contributed by atoms with Gasteiger partial charge in [0, 0.05) is 22.5 Å². The van der Waals surface area contributed by atoms with E-state index in [1.54, 1.807) is 24.3 Å². The molecular formula is C22H20Cl2N2O2. The van der Waals surface area contributed by atoms with Crippen molar-refractivity contribution in [2.75, 3.05) is 5.32 Å². The molecule has 0 atom stereocenters. The number of rotatable bonds is 4. The number of H-pyrrole nitrogens is 1. The zero-order chi connectivity index (χ0) is 20.0. The van der Waals surface area contributed by atoms with Crippen LogP contribution in [0, 0.1) is 19.8 Å². The number of halogens is 2. The quantitative estimate of drug-likeness (QED) is 0.509. The first kappa shape index (κ1) is 19.0. The van der Waals surface area contributed by atoms with E-state index in [0.717, 1.165) is 41.4 Å². The molecule has 3 aromatic rings. The summed E-state index contributed by atoms with van der Waals surface area (Å²) in [5.74, 6) is -0.335. The van der Waals surface area contributed by atoms with E-state index in [-0.39, 0.29) is 33.2 Å². The molecule has 6 heteroatoms. The third-order valence-electron chi connectivity index (χ3n) is 5.62. The van der Waals surface area contributed by atoms with Crippen LogP contribution >= 0.6 is 23.2 Å². The number of fused-ring (bicyclic) bond motifs is 1. The first-order chi connectivity index (χ1) is 13.4. The van der Waals surface area contributed by atoms with Gasteiger partial charge in [0.1, 0.15) is 0 Å². The maximum atomic E-state index is 13.6. The number of ketones is 1. The number of anilines is 1. The van der Waals surface area contributed by atoms with E-state index >= 15 is 0 Å². The van der Waals surface area contributed by atoms with Gasteiger partial charge in [-0.3, -0.25) is 9.59 Å². The van der Waals surface area contributed by atoms with Crippen molar-refractivity contribution in [1.29, 1.82) is 0 Å². The molecule has 2 N–H and O–H groups in total. The predicted octanol–water partition coefficient (Wildman–Crippen LogP) is 6.06. The standard InChI is InChI=1S/C22H20Cl2N2O2/c1-11-12(2)25-16-9-10-17(26-22(28)13-5-3-6-13)20(18(11)16)21(27)19-14(23)7-4-8-15(19)24/h4,7-10,13,25H,3,5-6H2,1-2H3,(H,26,28). The largest absolute Gasteiger partial charge is 0.358 e. The third kappa shape index (κ3) is 3.11.